The van der Waals surface area contributed by atoms with Crippen molar-refractivity contribution in [1.82, 2.24) is 0 Å². The molecule has 0 fully saturated rings. The molecule has 1 aromatic carbocycles. The van der Waals surface area contributed by atoms with Crippen molar-refractivity contribution in [3.05, 3.63) is 23.8 Å². The maximum Gasteiger partial charge on any atom is 0.411 e. The predicted molar refractivity (Wildman–Crippen MR) is 79.9 cm³/mol. The minimum atomic E-state index is -0.520. The van der Waals surface area contributed by atoms with E-state index in [1.165, 1.54) is 0 Å². The molecule has 1 N–H and O–H groups in total. The second-order valence-corrected chi connectivity index (χ2v) is 6.29. The van der Waals surface area contributed by atoms with Crippen LogP contribution >= 0.6 is 0 Å². The van der Waals surface area contributed by atoms with E-state index < -0.39 is 11.7 Å². The van der Waals surface area contributed by atoms with Crippen LogP contribution < -0.4 is 10.1 Å². The summed E-state index contributed by atoms with van der Waals surface area (Å²) in [6.45, 7) is 8.04. The standard InChI is InChI=1S/C16H21NO4/c1-10(2)9-20-15(19)17-11-5-6-14-12(7-11)13(18)8-16(3,4)21-14/h5-7,10H,8-9H2,1-4H3,(H,17,19). The molecular weight excluding hydrogens is 270 g/mol. The Morgan fingerprint density at radius 1 is 1.43 bits per heavy atom. The van der Waals surface area contributed by atoms with Crippen molar-refractivity contribution in [2.75, 3.05) is 11.9 Å². The fourth-order valence-electron chi connectivity index (χ4n) is 2.13. The Balaban J connectivity index is 2.10. The van der Waals surface area contributed by atoms with Gasteiger partial charge in [-0.15, -0.1) is 0 Å². The van der Waals surface area contributed by atoms with Crippen molar-refractivity contribution in [2.24, 2.45) is 5.92 Å². The van der Waals surface area contributed by atoms with Gasteiger partial charge in [0, 0.05) is 5.69 Å². The van der Waals surface area contributed by atoms with E-state index in [0.717, 1.165) is 0 Å². The Kier molecular flexibility index (Phi) is 4.21. The van der Waals surface area contributed by atoms with Crippen LogP contribution in [-0.4, -0.2) is 24.1 Å². The average Bonchev–Trinajstić information content (AvgIpc) is 2.36. The van der Waals surface area contributed by atoms with Gasteiger partial charge in [0.05, 0.1) is 18.6 Å². The van der Waals surface area contributed by atoms with Gasteiger partial charge < -0.3 is 9.47 Å². The number of hydrogen-bond donors (Lipinski definition) is 1. The highest BCUT2D eigenvalue weighted by atomic mass is 16.5. The molecule has 1 amide bonds. The molecule has 1 aromatic rings. The van der Waals surface area contributed by atoms with Crippen molar-refractivity contribution in [2.45, 2.75) is 39.7 Å². The minimum absolute atomic E-state index is 0.0143. The molecule has 5 heteroatoms. The van der Waals surface area contributed by atoms with E-state index in [2.05, 4.69) is 5.32 Å². The van der Waals surface area contributed by atoms with Crippen LogP contribution in [0.3, 0.4) is 0 Å². The molecule has 5 nitrogen and oxygen atoms in total. The van der Waals surface area contributed by atoms with Crippen LogP contribution in [0.15, 0.2) is 18.2 Å². The van der Waals surface area contributed by atoms with Crippen LogP contribution in [0.2, 0.25) is 0 Å². The highest BCUT2D eigenvalue weighted by molar-refractivity contribution is 6.01. The smallest absolute Gasteiger partial charge is 0.411 e. The summed E-state index contributed by atoms with van der Waals surface area (Å²) in [6, 6.07) is 5.03. The van der Waals surface area contributed by atoms with Crippen molar-refractivity contribution in [3.8, 4) is 5.75 Å². The van der Waals surface area contributed by atoms with Crippen LogP contribution in [-0.2, 0) is 4.74 Å². The first kappa shape index (κ1) is 15.4. The lowest BCUT2D eigenvalue weighted by Crippen LogP contribution is -2.35. The minimum Gasteiger partial charge on any atom is -0.487 e. The summed E-state index contributed by atoms with van der Waals surface area (Å²) in [5, 5.41) is 2.62. The van der Waals surface area contributed by atoms with Crippen molar-refractivity contribution in [3.63, 3.8) is 0 Å². The summed E-state index contributed by atoms with van der Waals surface area (Å²) in [7, 11) is 0. The van der Waals surface area contributed by atoms with Crippen LogP contribution in [0.4, 0.5) is 10.5 Å². The van der Waals surface area contributed by atoms with Gasteiger partial charge in [-0.2, -0.15) is 0 Å². The SMILES string of the molecule is CC(C)COC(=O)Nc1ccc2c(c1)C(=O)CC(C)(C)O2. The van der Waals surface area contributed by atoms with Gasteiger partial charge in [0.2, 0.25) is 0 Å². The van der Waals surface area contributed by atoms with Gasteiger partial charge in [-0.3, -0.25) is 10.1 Å². The predicted octanol–water partition coefficient (Wildman–Crippen LogP) is 3.63. The van der Waals surface area contributed by atoms with E-state index in [1.807, 2.05) is 27.7 Å². The van der Waals surface area contributed by atoms with Gasteiger partial charge in [-0.25, -0.2) is 4.79 Å². The molecular formula is C16H21NO4. The molecule has 0 saturated carbocycles. The van der Waals surface area contributed by atoms with Gasteiger partial charge in [-0.05, 0) is 38.0 Å². The molecule has 0 aromatic heterocycles. The van der Waals surface area contributed by atoms with Gasteiger partial charge in [0.1, 0.15) is 11.4 Å². The van der Waals surface area contributed by atoms with E-state index in [1.54, 1.807) is 18.2 Å². The first-order valence-electron chi connectivity index (χ1n) is 7.07. The van der Waals surface area contributed by atoms with Gasteiger partial charge in [-0.1, -0.05) is 13.8 Å². The fourth-order valence-corrected chi connectivity index (χ4v) is 2.13. The average molecular weight is 291 g/mol. The lowest BCUT2D eigenvalue weighted by Gasteiger charge is -2.31. The van der Waals surface area contributed by atoms with Crippen LogP contribution in [0.25, 0.3) is 0 Å². The van der Waals surface area contributed by atoms with E-state index in [9.17, 15) is 9.59 Å². The number of amides is 1. The van der Waals surface area contributed by atoms with E-state index in [4.69, 9.17) is 9.47 Å². The third-order valence-corrected chi connectivity index (χ3v) is 3.05. The molecule has 21 heavy (non-hydrogen) atoms. The molecule has 0 radical (unpaired) electrons. The first-order chi connectivity index (χ1) is 9.77. The topological polar surface area (TPSA) is 64.6 Å². The number of Topliss-reactive ketones (excluding diaryl/α,β-unsaturated/α-hetero) is 1. The normalized spacial score (nSPS) is 16.1. The Morgan fingerprint density at radius 2 is 2.14 bits per heavy atom. The summed E-state index contributed by atoms with van der Waals surface area (Å²) < 4.78 is 10.8. The molecule has 1 aliphatic heterocycles. The molecule has 1 aliphatic rings. The maximum atomic E-state index is 12.1. The number of carbonyl (C=O) groups is 2. The fraction of sp³-hybridized carbons (Fsp3) is 0.500. The summed E-state index contributed by atoms with van der Waals surface area (Å²) in [5.74, 6) is 0.842. The van der Waals surface area contributed by atoms with E-state index >= 15 is 0 Å². The second-order valence-electron chi connectivity index (χ2n) is 6.29. The number of fused-ring (bicyclic) bond motifs is 1. The zero-order valence-electron chi connectivity index (χ0n) is 12.9. The molecule has 1 heterocycles. The third kappa shape index (κ3) is 3.97. The van der Waals surface area contributed by atoms with Gasteiger partial charge >= 0.3 is 6.09 Å². The van der Waals surface area contributed by atoms with Crippen LogP contribution in [0.5, 0.6) is 5.75 Å². The molecule has 2 rings (SSSR count). The second kappa shape index (κ2) is 5.76. The highest BCUT2D eigenvalue weighted by Crippen LogP contribution is 2.34. The van der Waals surface area contributed by atoms with Crippen LogP contribution in [0, 0.1) is 5.92 Å². The highest BCUT2D eigenvalue weighted by Gasteiger charge is 2.32. The Labute approximate surface area is 124 Å². The quantitative estimate of drug-likeness (QED) is 0.923. The number of benzene rings is 1. The summed E-state index contributed by atoms with van der Waals surface area (Å²) in [4.78, 5) is 23.8. The largest absolute Gasteiger partial charge is 0.487 e. The molecule has 114 valence electrons. The number of ketones is 1. The summed E-state index contributed by atoms with van der Waals surface area (Å²) in [6.07, 6.45) is -0.200. The van der Waals surface area contributed by atoms with Crippen molar-refractivity contribution < 1.29 is 19.1 Å². The zero-order valence-corrected chi connectivity index (χ0v) is 12.9. The number of rotatable bonds is 3. The van der Waals surface area contributed by atoms with Crippen molar-refractivity contribution in [1.29, 1.82) is 0 Å². The first-order valence-corrected chi connectivity index (χ1v) is 7.07. The lowest BCUT2D eigenvalue weighted by atomic mass is 9.93. The van der Waals surface area contributed by atoms with Crippen LogP contribution in [0.1, 0.15) is 44.5 Å². The molecule has 0 unspecified atom stereocenters. The molecule has 0 spiro atoms. The van der Waals surface area contributed by atoms with Crippen molar-refractivity contribution >= 4 is 17.6 Å². The summed E-state index contributed by atoms with van der Waals surface area (Å²) >= 11 is 0. The number of ether oxygens (including phenoxy) is 2. The number of anilines is 1. The van der Waals surface area contributed by atoms with E-state index in [-0.39, 0.29) is 11.7 Å². The lowest BCUT2D eigenvalue weighted by molar-refractivity contribution is 0.0620. The molecule has 0 bridgehead atoms. The summed E-state index contributed by atoms with van der Waals surface area (Å²) in [5.41, 5.74) is 0.532. The third-order valence-electron chi connectivity index (χ3n) is 3.05. The monoisotopic (exact) mass is 291 g/mol. The molecule has 0 saturated heterocycles. The van der Waals surface area contributed by atoms with Gasteiger partial charge in [0.25, 0.3) is 0 Å². The molecule has 0 atom stereocenters. The van der Waals surface area contributed by atoms with E-state index in [0.29, 0.717) is 30.0 Å². The number of nitrogens with one attached hydrogen (secondary N) is 1. The number of carbonyl (C=O) groups excluding carboxylic acids is 2. The maximum absolute atomic E-state index is 12.1. The zero-order chi connectivity index (χ0) is 15.6. The Hall–Kier alpha value is -2.04. The van der Waals surface area contributed by atoms with Gasteiger partial charge in [0.15, 0.2) is 5.78 Å². The Morgan fingerprint density at radius 3 is 2.81 bits per heavy atom. The number of hydrogen-bond acceptors (Lipinski definition) is 4. The Bertz CT molecular complexity index is 563. The molecule has 0 aliphatic carbocycles.